The molecule has 0 spiro atoms. The molecular weight excluding hydrogens is 402 g/mol. The van der Waals surface area contributed by atoms with Crippen molar-refractivity contribution >= 4 is 29.1 Å². The van der Waals surface area contributed by atoms with Gasteiger partial charge in [-0.3, -0.25) is 9.59 Å². The number of carbonyl (C=O) groups excluding carboxylic acids is 2. The van der Waals surface area contributed by atoms with E-state index in [9.17, 15) is 9.59 Å². The molecule has 7 heteroatoms. The maximum absolute atomic E-state index is 13.2. The monoisotopic (exact) mass is 421 g/mol. The summed E-state index contributed by atoms with van der Waals surface area (Å²) in [6.45, 7) is 2.53. The topological polar surface area (TPSA) is 71.5 Å². The number of hydrogen-bond acceptors (Lipinski definition) is 4. The van der Waals surface area contributed by atoms with Gasteiger partial charge in [0.15, 0.2) is 5.75 Å². The van der Waals surface area contributed by atoms with Crippen molar-refractivity contribution < 1.29 is 14.3 Å². The Hall–Kier alpha value is -3.38. The number of amides is 2. The third kappa shape index (κ3) is 4.28. The Balaban J connectivity index is 1.51. The van der Waals surface area contributed by atoms with Crippen LogP contribution in [0.1, 0.15) is 27.9 Å². The largest absolute Gasteiger partial charge is 0.436 e. The highest BCUT2D eigenvalue weighted by Gasteiger charge is 2.29. The van der Waals surface area contributed by atoms with Crippen LogP contribution in [-0.2, 0) is 11.3 Å². The van der Waals surface area contributed by atoms with E-state index in [4.69, 9.17) is 16.3 Å². The van der Waals surface area contributed by atoms with Crippen molar-refractivity contribution in [1.29, 1.82) is 0 Å². The van der Waals surface area contributed by atoms with Crippen LogP contribution in [0.2, 0.25) is 5.02 Å². The molecule has 30 heavy (non-hydrogen) atoms. The average Bonchev–Trinajstić information content (AvgIpc) is 2.85. The van der Waals surface area contributed by atoms with Crippen LogP contribution in [0.5, 0.6) is 11.6 Å². The van der Waals surface area contributed by atoms with Gasteiger partial charge in [0, 0.05) is 30.7 Å². The molecule has 6 nitrogen and oxygen atoms in total. The summed E-state index contributed by atoms with van der Waals surface area (Å²) in [5.74, 6) is 0.393. The lowest BCUT2D eigenvalue weighted by molar-refractivity contribution is -0.121. The van der Waals surface area contributed by atoms with E-state index >= 15 is 0 Å². The zero-order chi connectivity index (χ0) is 21.1. The number of pyridine rings is 1. The minimum Gasteiger partial charge on any atom is -0.436 e. The highest BCUT2D eigenvalue weighted by atomic mass is 35.5. The summed E-state index contributed by atoms with van der Waals surface area (Å²) in [4.78, 5) is 31.4. The first-order valence-electron chi connectivity index (χ1n) is 9.58. The Kier molecular flexibility index (Phi) is 5.68. The van der Waals surface area contributed by atoms with E-state index < -0.39 is 0 Å². The van der Waals surface area contributed by atoms with Crippen molar-refractivity contribution in [3.8, 4) is 11.6 Å². The SMILES string of the molecule is Cc1ccc2c(c1)N(CCC(=O)NCc1cccc(Cl)c1)C(=O)c1cccnc1O2. The van der Waals surface area contributed by atoms with Gasteiger partial charge in [0.25, 0.3) is 5.91 Å². The Morgan fingerprint density at radius 1 is 1.17 bits per heavy atom. The number of aromatic nitrogens is 1. The van der Waals surface area contributed by atoms with Gasteiger partial charge in [0.1, 0.15) is 5.56 Å². The quantitative estimate of drug-likeness (QED) is 0.658. The normalized spacial score (nSPS) is 12.5. The molecule has 1 aliphatic heterocycles. The third-order valence-electron chi connectivity index (χ3n) is 4.80. The first-order chi connectivity index (χ1) is 14.5. The standard InChI is InChI=1S/C23H20ClN3O3/c1-15-7-8-20-19(12-15)27(23(29)18-6-3-10-25-22(18)30-20)11-9-21(28)26-14-16-4-2-5-17(24)13-16/h2-8,10,12-13H,9,11,14H2,1H3,(H,26,28). The van der Waals surface area contributed by atoms with Crippen molar-refractivity contribution in [3.63, 3.8) is 0 Å². The van der Waals surface area contributed by atoms with Gasteiger partial charge in [-0.2, -0.15) is 0 Å². The summed E-state index contributed by atoms with van der Waals surface area (Å²) in [5, 5.41) is 3.49. The predicted molar refractivity (Wildman–Crippen MR) is 115 cm³/mol. The summed E-state index contributed by atoms with van der Waals surface area (Å²) >= 11 is 5.98. The second kappa shape index (κ2) is 8.55. The third-order valence-corrected chi connectivity index (χ3v) is 5.03. The Morgan fingerprint density at radius 3 is 2.87 bits per heavy atom. The number of hydrogen-bond donors (Lipinski definition) is 1. The molecule has 2 aromatic carbocycles. The lowest BCUT2D eigenvalue weighted by Gasteiger charge is -2.22. The molecule has 0 atom stereocenters. The first kappa shape index (κ1) is 19.9. The minimum absolute atomic E-state index is 0.148. The van der Waals surface area contributed by atoms with Crippen molar-refractivity contribution in [3.05, 3.63) is 82.5 Å². The van der Waals surface area contributed by atoms with Crippen LogP contribution in [-0.4, -0.2) is 23.3 Å². The zero-order valence-corrected chi connectivity index (χ0v) is 17.1. The molecule has 0 unspecified atom stereocenters. The average molecular weight is 422 g/mol. The van der Waals surface area contributed by atoms with Gasteiger partial charge in [-0.05, 0) is 54.4 Å². The number of carbonyl (C=O) groups is 2. The van der Waals surface area contributed by atoms with Crippen molar-refractivity contribution in [2.45, 2.75) is 19.9 Å². The van der Waals surface area contributed by atoms with Crippen LogP contribution in [0.15, 0.2) is 60.8 Å². The first-order valence-corrected chi connectivity index (χ1v) is 9.95. The van der Waals surface area contributed by atoms with Gasteiger partial charge in [0.2, 0.25) is 11.8 Å². The Labute approximate surface area is 179 Å². The molecule has 2 amide bonds. The summed E-state index contributed by atoms with van der Waals surface area (Å²) in [6.07, 6.45) is 1.73. The summed E-state index contributed by atoms with van der Waals surface area (Å²) < 4.78 is 5.89. The fourth-order valence-corrected chi connectivity index (χ4v) is 3.50. The smallest absolute Gasteiger partial charge is 0.263 e. The van der Waals surface area contributed by atoms with Gasteiger partial charge in [-0.15, -0.1) is 0 Å². The number of ether oxygens (including phenoxy) is 1. The molecule has 0 radical (unpaired) electrons. The van der Waals surface area contributed by atoms with Crippen molar-refractivity contribution in [1.82, 2.24) is 10.3 Å². The van der Waals surface area contributed by atoms with Crippen molar-refractivity contribution in [2.24, 2.45) is 0 Å². The minimum atomic E-state index is -0.245. The van der Waals surface area contributed by atoms with Gasteiger partial charge >= 0.3 is 0 Å². The van der Waals surface area contributed by atoms with E-state index in [-0.39, 0.29) is 30.7 Å². The molecule has 1 N–H and O–H groups in total. The van der Waals surface area contributed by atoms with E-state index in [0.717, 1.165) is 11.1 Å². The Bertz CT molecular complexity index is 1120. The summed E-state index contributed by atoms with van der Waals surface area (Å²) in [6, 6.07) is 16.3. The number of nitrogens with zero attached hydrogens (tertiary/aromatic N) is 2. The number of anilines is 1. The van der Waals surface area contributed by atoms with Crippen LogP contribution < -0.4 is 15.0 Å². The van der Waals surface area contributed by atoms with E-state index in [0.29, 0.717) is 28.6 Å². The van der Waals surface area contributed by atoms with Crippen LogP contribution in [0.4, 0.5) is 5.69 Å². The second-order valence-corrected chi connectivity index (χ2v) is 7.48. The van der Waals surface area contributed by atoms with Gasteiger partial charge in [0.05, 0.1) is 5.69 Å². The molecule has 0 aliphatic carbocycles. The second-order valence-electron chi connectivity index (χ2n) is 7.04. The summed E-state index contributed by atoms with van der Waals surface area (Å²) in [7, 11) is 0. The van der Waals surface area contributed by atoms with Crippen LogP contribution in [0, 0.1) is 6.92 Å². The molecule has 0 bridgehead atoms. The molecule has 0 saturated heterocycles. The number of halogens is 1. The molecular formula is C23H20ClN3O3. The molecule has 152 valence electrons. The van der Waals surface area contributed by atoms with Crippen molar-refractivity contribution in [2.75, 3.05) is 11.4 Å². The maximum atomic E-state index is 13.2. The number of rotatable bonds is 5. The molecule has 1 aliphatic rings. The van der Waals surface area contributed by atoms with E-state index in [1.54, 1.807) is 35.4 Å². The summed E-state index contributed by atoms with van der Waals surface area (Å²) in [5.41, 5.74) is 2.89. The lowest BCUT2D eigenvalue weighted by atomic mass is 10.1. The number of fused-ring (bicyclic) bond motifs is 2. The van der Waals surface area contributed by atoms with Gasteiger partial charge in [-0.1, -0.05) is 29.8 Å². The zero-order valence-electron chi connectivity index (χ0n) is 16.4. The molecule has 0 fully saturated rings. The lowest BCUT2D eigenvalue weighted by Crippen LogP contribution is -2.35. The number of benzene rings is 2. The predicted octanol–water partition coefficient (Wildman–Crippen LogP) is 4.50. The highest BCUT2D eigenvalue weighted by Crippen LogP contribution is 2.38. The number of aryl methyl sites for hydroxylation is 1. The molecule has 0 saturated carbocycles. The van der Waals surface area contributed by atoms with Crippen LogP contribution >= 0.6 is 11.6 Å². The Morgan fingerprint density at radius 2 is 2.03 bits per heavy atom. The molecule has 1 aromatic heterocycles. The van der Waals surface area contributed by atoms with E-state index in [1.165, 1.54) is 0 Å². The van der Waals surface area contributed by atoms with Crippen LogP contribution in [0.25, 0.3) is 0 Å². The highest BCUT2D eigenvalue weighted by molar-refractivity contribution is 6.30. The fourth-order valence-electron chi connectivity index (χ4n) is 3.29. The fraction of sp³-hybridized carbons (Fsp3) is 0.174. The van der Waals surface area contributed by atoms with Gasteiger partial charge in [-0.25, -0.2) is 4.98 Å². The van der Waals surface area contributed by atoms with Crippen LogP contribution in [0.3, 0.4) is 0 Å². The van der Waals surface area contributed by atoms with E-state index in [2.05, 4.69) is 10.3 Å². The number of nitrogens with one attached hydrogen (secondary N) is 1. The molecule has 2 heterocycles. The van der Waals surface area contributed by atoms with Gasteiger partial charge < -0.3 is 15.0 Å². The molecule has 4 rings (SSSR count). The maximum Gasteiger partial charge on any atom is 0.263 e. The van der Waals surface area contributed by atoms with E-state index in [1.807, 2.05) is 37.3 Å². The molecule has 3 aromatic rings.